The van der Waals surface area contributed by atoms with Gasteiger partial charge in [-0.2, -0.15) is 0 Å². The van der Waals surface area contributed by atoms with Crippen molar-refractivity contribution in [3.63, 3.8) is 0 Å². The van der Waals surface area contributed by atoms with E-state index in [0.717, 1.165) is 6.04 Å². The van der Waals surface area contributed by atoms with Crippen LogP contribution in [-0.2, 0) is 0 Å². The molecule has 0 amide bonds. The molecular weight excluding hydrogens is 186 g/mol. The van der Waals surface area contributed by atoms with Crippen LogP contribution in [0.25, 0.3) is 0 Å². The second-order valence-electron chi connectivity index (χ2n) is 4.95. The summed E-state index contributed by atoms with van der Waals surface area (Å²) < 4.78 is 0. The second-order valence-corrected chi connectivity index (χ2v) is 4.95. The molecular formula is C12H27N3. The molecule has 1 heterocycles. The summed E-state index contributed by atoms with van der Waals surface area (Å²) in [6.07, 6.45) is 2.53. The lowest BCUT2D eigenvalue weighted by Gasteiger charge is -2.31. The molecule has 0 spiro atoms. The number of likely N-dealkylation sites (tertiary alicyclic amines) is 1. The minimum atomic E-state index is 0.630. The van der Waals surface area contributed by atoms with Gasteiger partial charge < -0.3 is 10.2 Å². The highest BCUT2D eigenvalue weighted by Gasteiger charge is 2.29. The van der Waals surface area contributed by atoms with Crippen molar-refractivity contribution in [2.45, 2.75) is 44.8 Å². The Morgan fingerprint density at radius 3 is 2.53 bits per heavy atom. The van der Waals surface area contributed by atoms with Gasteiger partial charge in [0.05, 0.1) is 0 Å². The summed E-state index contributed by atoms with van der Waals surface area (Å²) in [7, 11) is 6.45. The number of nitrogens with zero attached hydrogens (tertiary/aromatic N) is 2. The summed E-state index contributed by atoms with van der Waals surface area (Å²) in [6, 6.07) is 2.04. The molecule has 1 aliphatic heterocycles. The van der Waals surface area contributed by atoms with Gasteiger partial charge in [-0.3, -0.25) is 4.90 Å². The van der Waals surface area contributed by atoms with Crippen molar-refractivity contribution in [1.82, 2.24) is 15.1 Å². The van der Waals surface area contributed by atoms with Gasteiger partial charge in [-0.1, -0.05) is 6.92 Å². The van der Waals surface area contributed by atoms with Crippen LogP contribution in [-0.4, -0.2) is 62.2 Å². The fourth-order valence-electron chi connectivity index (χ4n) is 2.60. The second kappa shape index (κ2) is 5.83. The quantitative estimate of drug-likeness (QED) is 0.735. The van der Waals surface area contributed by atoms with Gasteiger partial charge in [-0.15, -0.1) is 0 Å². The fraction of sp³-hybridized carbons (Fsp3) is 1.00. The van der Waals surface area contributed by atoms with Gasteiger partial charge >= 0.3 is 0 Å². The molecule has 0 aromatic heterocycles. The average molecular weight is 213 g/mol. The standard InChI is InChI=1S/C12H27N3/c1-6-12(13-3)10(2)15-8-7-11(9-15)14(4)5/h10-13H,6-9H2,1-5H3. The first kappa shape index (κ1) is 12.9. The molecule has 0 aromatic rings. The van der Waals surface area contributed by atoms with Crippen LogP contribution in [0.4, 0.5) is 0 Å². The Labute approximate surface area is 94.8 Å². The van der Waals surface area contributed by atoms with Gasteiger partial charge in [0.2, 0.25) is 0 Å². The monoisotopic (exact) mass is 213 g/mol. The molecule has 0 radical (unpaired) electrons. The SMILES string of the molecule is CCC(NC)C(C)N1CCC(N(C)C)C1. The lowest BCUT2D eigenvalue weighted by atomic mass is 10.1. The van der Waals surface area contributed by atoms with Gasteiger partial charge in [-0.05, 0) is 40.9 Å². The highest BCUT2D eigenvalue weighted by atomic mass is 15.3. The van der Waals surface area contributed by atoms with Crippen molar-refractivity contribution in [2.24, 2.45) is 0 Å². The predicted molar refractivity (Wildman–Crippen MR) is 66.3 cm³/mol. The molecule has 1 rings (SSSR count). The van der Waals surface area contributed by atoms with Crippen LogP contribution in [0.15, 0.2) is 0 Å². The van der Waals surface area contributed by atoms with Crippen LogP contribution in [0.2, 0.25) is 0 Å². The van der Waals surface area contributed by atoms with Gasteiger partial charge in [0.25, 0.3) is 0 Å². The number of hydrogen-bond donors (Lipinski definition) is 1. The first-order chi connectivity index (χ1) is 7.10. The molecule has 90 valence electrons. The van der Waals surface area contributed by atoms with E-state index in [1.54, 1.807) is 0 Å². The third-order valence-corrected chi connectivity index (χ3v) is 3.89. The largest absolute Gasteiger partial charge is 0.315 e. The van der Waals surface area contributed by atoms with Crippen molar-refractivity contribution in [2.75, 3.05) is 34.2 Å². The van der Waals surface area contributed by atoms with E-state index in [-0.39, 0.29) is 0 Å². The van der Waals surface area contributed by atoms with E-state index in [4.69, 9.17) is 0 Å². The van der Waals surface area contributed by atoms with Crippen LogP contribution in [0.1, 0.15) is 26.7 Å². The van der Waals surface area contributed by atoms with E-state index in [2.05, 4.69) is 50.1 Å². The van der Waals surface area contributed by atoms with E-state index in [1.807, 2.05) is 0 Å². The Bertz CT molecular complexity index is 178. The fourth-order valence-corrected chi connectivity index (χ4v) is 2.60. The smallest absolute Gasteiger partial charge is 0.0229 e. The van der Waals surface area contributed by atoms with Crippen LogP contribution < -0.4 is 5.32 Å². The third kappa shape index (κ3) is 3.16. The highest BCUT2D eigenvalue weighted by molar-refractivity contribution is 4.88. The maximum absolute atomic E-state index is 3.42. The van der Waals surface area contributed by atoms with E-state index >= 15 is 0 Å². The first-order valence-electron chi connectivity index (χ1n) is 6.17. The summed E-state index contributed by atoms with van der Waals surface area (Å²) in [6.45, 7) is 7.09. The zero-order valence-corrected chi connectivity index (χ0v) is 11.0. The van der Waals surface area contributed by atoms with E-state index < -0.39 is 0 Å². The van der Waals surface area contributed by atoms with Crippen molar-refractivity contribution in [1.29, 1.82) is 0 Å². The van der Waals surface area contributed by atoms with Crippen LogP contribution in [0.5, 0.6) is 0 Å². The zero-order chi connectivity index (χ0) is 11.4. The molecule has 3 nitrogen and oxygen atoms in total. The molecule has 3 heteroatoms. The van der Waals surface area contributed by atoms with Gasteiger partial charge in [0, 0.05) is 31.2 Å². The Morgan fingerprint density at radius 1 is 1.47 bits per heavy atom. The zero-order valence-electron chi connectivity index (χ0n) is 11.0. The van der Waals surface area contributed by atoms with Crippen molar-refractivity contribution >= 4 is 0 Å². The van der Waals surface area contributed by atoms with E-state index in [1.165, 1.54) is 25.9 Å². The number of likely N-dealkylation sites (N-methyl/N-ethyl adjacent to an activating group) is 2. The molecule has 15 heavy (non-hydrogen) atoms. The lowest BCUT2D eigenvalue weighted by Crippen LogP contribution is -2.47. The average Bonchev–Trinajstić information content (AvgIpc) is 2.68. The Hall–Kier alpha value is -0.120. The van der Waals surface area contributed by atoms with Gasteiger partial charge in [-0.25, -0.2) is 0 Å². The Morgan fingerprint density at radius 2 is 2.13 bits per heavy atom. The topological polar surface area (TPSA) is 18.5 Å². The molecule has 3 atom stereocenters. The molecule has 3 unspecified atom stereocenters. The predicted octanol–water partition coefficient (Wildman–Crippen LogP) is 1.01. The number of nitrogens with one attached hydrogen (secondary N) is 1. The highest BCUT2D eigenvalue weighted by Crippen LogP contribution is 2.18. The molecule has 0 bridgehead atoms. The van der Waals surface area contributed by atoms with Crippen LogP contribution >= 0.6 is 0 Å². The lowest BCUT2D eigenvalue weighted by molar-refractivity contribution is 0.189. The Balaban J connectivity index is 2.45. The third-order valence-electron chi connectivity index (χ3n) is 3.89. The minimum Gasteiger partial charge on any atom is -0.315 e. The molecule has 0 aliphatic carbocycles. The molecule has 0 saturated carbocycles. The maximum Gasteiger partial charge on any atom is 0.0229 e. The minimum absolute atomic E-state index is 0.630. The summed E-state index contributed by atoms with van der Waals surface area (Å²) in [5, 5.41) is 3.42. The summed E-state index contributed by atoms with van der Waals surface area (Å²) in [5.41, 5.74) is 0. The molecule has 1 saturated heterocycles. The molecule has 1 aliphatic rings. The van der Waals surface area contributed by atoms with Crippen LogP contribution in [0.3, 0.4) is 0 Å². The summed E-state index contributed by atoms with van der Waals surface area (Å²) in [4.78, 5) is 4.97. The normalized spacial score (nSPS) is 27.2. The van der Waals surface area contributed by atoms with Gasteiger partial charge in [0.1, 0.15) is 0 Å². The first-order valence-corrected chi connectivity index (χ1v) is 6.17. The number of hydrogen-bond acceptors (Lipinski definition) is 3. The van der Waals surface area contributed by atoms with E-state index in [0.29, 0.717) is 12.1 Å². The van der Waals surface area contributed by atoms with Crippen molar-refractivity contribution < 1.29 is 0 Å². The van der Waals surface area contributed by atoms with Gasteiger partial charge in [0.15, 0.2) is 0 Å². The maximum atomic E-state index is 3.42. The summed E-state index contributed by atoms with van der Waals surface area (Å²) in [5.74, 6) is 0. The van der Waals surface area contributed by atoms with Crippen molar-refractivity contribution in [3.05, 3.63) is 0 Å². The van der Waals surface area contributed by atoms with Crippen LogP contribution in [0, 0.1) is 0 Å². The molecule has 1 N–H and O–H groups in total. The summed E-state index contributed by atoms with van der Waals surface area (Å²) >= 11 is 0. The van der Waals surface area contributed by atoms with E-state index in [9.17, 15) is 0 Å². The molecule has 0 aromatic carbocycles. The van der Waals surface area contributed by atoms with Crippen molar-refractivity contribution in [3.8, 4) is 0 Å². The molecule has 1 fully saturated rings. The Kier molecular flexibility index (Phi) is 5.03. The number of rotatable bonds is 5.